The van der Waals surface area contributed by atoms with Crippen LogP contribution in [0.2, 0.25) is 0 Å². The van der Waals surface area contributed by atoms with Crippen molar-refractivity contribution in [3.05, 3.63) is 0 Å². The Morgan fingerprint density at radius 3 is 2.61 bits per heavy atom. The lowest BCUT2D eigenvalue weighted by Crippen LogP contribution is -2.48. The lowest BCUT2D eigenvalue weighted by molar-refractivity contribution is -0.126. The van der Waals surface area contributed by atoms with Crippen molar-refractivity contribution in [2.75, 3.05) is 32.7 Å². The topological polar surface area (TPSA) is 44.4 Å². The van der Waals surface area contributed by atoms with Crippen molar-refractivity contribution < 1.29 is 4.79 Å². The van der Waals surface area contributed by atoms with Crippen LogP contribution in [0, 0.1) is 5.92 Å². The molecular formula is C14H27N3O. The summed E-state index contributed by atoms with van der Waals surface area (Å²) in [6.45, 7) is 7.20. The van der Waals surface area contributed by atoms with Gasteiger partial charge in [-0.25, -0.2) is 0 Å². The lowest BCUT2D eigenvalue weighted by atomic mass is 9.95. The normalized spacial score (nSPS) is 24.7. The highest BCUT2D eigenvalue weighted by Gasteiger charge is 2.21. The first-order chi connectivity index (χ1) is 8.75. The van der Waals surface area contributed by atoms with Gasteiger partial charge in [-0.15, -0.1) is 0 Å². The number of nitrogens with zero attached hydrogens (tertiary/aromatic N) is 1. The Balaban J connectivity index is 1.69. The van der Waals surface area contributed by atoms with Crippen molar-refractivity contribution in [3.63, 3.8) is 0 Å². The highest BCUT2D eigenvalue weighted by Crippen LogP contribution is 2.17. The molecular weight excluding hydrogens is 226 g/mol. The highest BCUT2D eigenvalue weighted by molar-refractivity contribution is 5.78. The van der Waals surface area contributed by atoms with E-state index in [1.165, 1.54) is 32.1 Å². The molecule has 1 heterocycles. The fourth-order valence-corrected chi connectivity index (χ4v) is 2.95. The van der Waals surface area contributed by atoms with Crippen molar-refractivity contribution in [1.82, 2.24) is 15.5 Å². The third-order valence-electron chi connectivity index (χ3n) is 4.14. The standard InChI is InChI=1S/C14H27N3O/c1-12(11-17-9-7-15-8-10-17)14(18)16-13-5-3-2-4-6-13/h12-13,15H,2-11H2,1H3,(H,16,18). The molecule has 0 spiro atoms. The summed E-state index contributed by atoms with van der Waals surface area (Å²) in [5.41, 5.74) is 0. The zero-order chi connectivity index (χ0) is 12.8. The van der Waals surface area contributed by atoms with Crippen LogP contribution in [0.1, 0.15) is 39.0 Å². The van der Waals surface area contributed by atoms with Crippen LogP contribution in [-0.2, 0) is 4.79 Å². The number of carbonyl (C=O) groups excluding carboxylic acids is 1. The molecule has 0 aromatic heterocycles. The molecule has 1 amide bonds. The Bertz CT molecular complexity index is 258. The van der Waals surface area contributed by atoms with Crippen LogP contribution in [0.5, 0.6) is 0 Å². The van der Waals surface area contributed by atoms with E-state index in [-0.39, 0.29) is 11.8 Å². The summed E-state index contributed by atoms with van der Waals surface area (Å²) in [6, 6.07) is 0.441. The van der Waals surface area contributed by atoms with Crippen LogP contribution in [0.4, 0.5) is 0 Å². The molecule has 1 aliphatic heterocycles. The van der Waals surface area contributed by atoms with Gasteiger partial charge in [0.25, 0.3) is 0 Å². The Labute approximate surface area is 110 Å². The molecule has 104 valence electrons. The molecule has 0 bridgehead atoms. The van der Waals surface area contributed by atoms with Gasteiger partial charge in [-0.2, -0.15) is 0 Å². The van der Waals surface area contributed by atoms with Crippen molar-refractivity contribution >= 4 is 5.91 Å². The van der Waals surface area contributed by atoms with Gasteiger partial charge >= 0.3 is 0 Å². The zero-order valence-corrected chi connectivity index (χ0v) is 11.6. The maximum Gasteiger partial charge on any atom is 0.224 e. The van der Waals surface area contributed by atoms with Gasteiger partial charge < -0.3 is 15.5 Å². The second-order valence-electron chi connectivity index (χ2n) is 5.80. The molecule has 2 rings (SSSR count). The number of carbonyl (C=O) groups is 1. The van der Waals surface area contributed by atoms with Gasteiger partial charge in [0, 0.05) is 44.7 Å². The highest BCUT2D eigenvalue weighted by atomic mass is 16.1. The van der Waals surface area contributed by atoms with Gasteiger partial charge in [-0.05, 0) is 12.8 Å². The predicted octanol–water partition coefficient (Wildman–Crippen LogP) is 0.977. The fourth-order valence-electron chi connectivity index (χ4n) is 2.95. The Hall–Kier alpha value is -0.610. The molecule has 0 aromatic carbocycles. The van der Waals surface area contributed by atoms with Crippen LogP contribution < -0.4 is 10.6 Å². The van der Waals surface area contributed by atoms with Crippen LogP contribution >= 0.6 is 0 Å². The minimum absolute atomic E-state index is 0.116. The number of hydrogen-bond acceptors (Lipinski definition) is 3. The van der Waals surface area contributed by atoms with E-state index in [9.17, 15) is 4.79 Å². The number of piperazine rings is 1. The van der Waals surface area contributed by atoms with Crippen LogP contribution in [0.25, 0.3) is 0 Å². The summed E-state index contributed by atoms with van der Waals surface area (Å²) >= 11 is 0. The first-order valence-corrected chi connectivity index (χ1v) is 7.49. The molecule has 1 atom stereocenters. The molecule has 4 heteroatoms. The Kier molecular flexibility index (Phi) is 5.45. The van der Waals surface area contributed by atoms with Gasteiger partial charge in [-0.1, -0.05) is 26.2 Å². The zero-order valence-electron chi connectivity index (χ0n) is 11.6. The summed E-state index contributed by atoms with van der Waals surface area (Å²) in [6.07, 6.45) is 6.23. The van der Waals surface area contributed by atoms with E-state index in [0.717, 1.165) is 32.7 Å². The summed E-state index contributed by atoms with van der Waals surface area (Å²) in [5, 5.41) is 6.57. The van der Waals surface area contributed by atoms with Gasteiger partial charge in [0.2, 0.25) is 5.91 Å². The summed E-state index contributed by atoms with van der Waals surface area (Å²) < 4.78 is 0. The number of amides is 1. The SMILES string of the molecule is CC(CN1CCNCC1)C(=O)NC1CCCCC1. The van der Waals surface area contributed by atoms with Crippen LogP contribution in [0.3, 0.4) is 0 Å². The molecule has 2 N–H and O–H groups in total. The first-order valence-electron chi connectivity index (χ1n) is 7.49. The van der Waals surface area contributed by atoms with E-state index < -0.39 is 0 Å². The average molecular weight is 253 g/mol. The summed E-state index contributed by atoms with van der Waals surface area (Å²) in [4.78, 5) is 14.5. The second-order valence-corrected chi connectivity index (χ2v) is 5.80. The van der Waals surface area contributed by atoms with Gasteiger partial charge in [0.15, 0.2) is 0 Å². The molecule has 0 radical (unpaired) electrons. The molecule has 18 heavy (non-hydrogen) atoms. The fraction of sp³-hybridized carbons (Fsp3) is 0.929. The molecule has 1 saturated heterocycles. The van der Waals surface area contributed by atoms with Crippen molar-refractivity contribution in [2.24, 2.45) is 5.92 Å². The number of rotatable bonds is 4. The molecule has 0 aromatic rings. The van der Waals surface area contributed by atoms with Crippen LogP contribution in [-0.4, -0.2) is 49.6 Å². The summed E-state index contributed by atoms with van der Waals surface area (Å²) in [5.74, 6) is 0.366. The van der Waals surface area contributed by atoms with E-state index in [1.54, 1.807) is 0 Å². The molecule has 2 fully saturated rings. The van der Waals surface area contributed by atoms with Gasteiger partial charge in [0.05, 0.1) is 0 Å². The minimum Gasteiger partial charge on any atom is -0.353 e. The molecule has 2 aliphatic rings. The summed E-state index contributed by atoms with van der Waals surface area (Å²) in [7, 11) is 0. The van der Waals surface area contributed by atoms with Crippen molar-refractivity contribution in [3.8, 4) is 0 Å². The molecule has 1 aliphatic carbocycles. The van der Waals surface area contributed by atoms with E-state index >= 15 is 0 Å². The third-order valence-corrected chi connectivity index (χ3v) is 4.14. The van der Waals surface area contributed by atoms with Crippen molar-refractivity contribution in [1.29, 1.82) is 0 Å². The molecule has 1 saturated carbocycles. The smallest absolute Gasteiger partial charge is 0.224 e. The Morgan fingerprint density at radius 2 is 1.94 bits per heavy atom. The second kappa shape index (κ2) is 7.10. The molecule has 1 unspecified atom stereocenters. The largest absolute Gasteiger partial charge is 0.353 e. The number of hydrogen-bond donors (Lipinski definition) is 2. The quantitative estimate of drug-likeness (QED) is 0.785. The van der Waals surface area contributed by atoms with E-state index in [0.29, 0.717) is 6.04 Å². The minimum atomic E-state index is 0.116. The predicted molar refractivity (Wildman–Crippen MR) is 73.5 cm³/mol. The van der Waals surface area contributed by atoms with E-state index in [1.807, 2.05) is 0 Å². The third kappa shape index (κ3) is 4.25. The average Bonchev–Trinajstić information content (AvgIpc) is 2.41. The Morgan fingerprint density at radius 1 is 1.28 bits per heavy atom. The maximum absolute atomic E-state index is 12.1. The van der Waals surface area contributed by atoms with Gasteiger partial charge in [0.1, 0.15) is 0 Å². The monoisotopic (exact) mass is 253 g/mol. The van der Waals surface area contributed by atoms with E-state index in [4.69, 9.17) is 0 Å². The van der Waals surface area contributed by atoms with Gasteiger partial charge in [-0.3, -0.25) is 4.79 Å². The molecule has 4 nitrogen and oxygen atoms in total. The van der Waals surface area contributed by atoms with E-state index in [2.05, 4.69) is 22.5 Å². The maximum atomic E-state index is 12.1. The van der Waals surface area contributed by atoms with Crippen molar-refractivity contribution in [2.45, 2.75) is 45.1 Å². The number of nitrogens with one attached hydrogen (secondary N) is 2. The first kappa shape index (κ1) is 13.8. The lowest BCUT2D eigenvalue weighted by Gasteiger charge is -2.30. The van der Waals surface area contributed by atoms with Crippen LogP contribution in [0.15, 0.2) is 0 Å².